The first-order chi connectivity index (χ1) is 5.33. The third-order valence-corrected chi connectivity index (χ3v) is 1.22. The maximum Gasteiger partial charge on any atom is 0.222 e. The fourth-order valence-corrected chi connectivity index (χ4v) is 0.665. The van der Waals surface area contributed by atoms with Crippen LogP contribution >= 0.6 is 11.6 Å². The lowest BCUT2D eigenvalue weighted by Gasteiger charge is -1.98. The number of halogens is 1. The molecule has 0 aliphatic rings. The predicted octanol–water partition coefficient (Wildman–Crippen LogP) is 1.73. The van der Waals surface area contributed by atoms with Crippen LogP contribution in [-0.4, -0.2) is 16.5 Å². The van der Waals surface area contributed by atoms with Crippen LogP contribution in [0.15, 0.2) is 25.0 Å². The lowest BCUT2D eigenvalue weighted by Crippen LogP contribution is -2.01. The van der Waals surface area contributed by atoms with Crippen molar-refractivity contribution in [2.45, 2.75) is 0 Å². The SMILES string of the molecule is C=CCNc1ncc(Cl)cn1. The Morgan fingerprint density at radius 3 is 2.73 bits per heavy atom. The van der Waals surface area contributed by atoms with E-state index in [1.165, 1.54) is 0 Å². The van der Waals surface area contributed by atoms with Crippen molar-refractivity contribution in [3.8, 4) is 0 Å². The minimum atomic E-state index is 0.536. The van der Waals surface area contributed by atoms with Crippen LogP contribution in [0.4, 0.5) is 5.95 Å². The highest BCUT2D eigenvalue weighted by atomic mass is 35.5. The summed E-state index contributed by atoms with van der Waals surface area (Å²) in [5.41, 5.74) is 0. The van der Waals surface area contributed by atoms with Crippen LogP contribution in [0.1, 0.15) is 0 Å². The molecule has 0 aliphatic heterocycles. The number of rotatable bonds is 3. The summed E-state index contributed by atoms with van der Waals surface area (Å²) in [5, 5.41) is 3.46. The van der Waals surface area contributed by atoms with Gasteiger partial charge in [-0.05, 0) is 0 Å². The fraction of sp³-hybridized carbons (Fsp3) is 0.143. The van der Waals surface area contributed by atoms with E-state index in [1.54, 1.807) is 18.5 Å². The zero-order valence-electron chi connectivity index (χ0n) is 5.92. The topological polar surface area (TPSA) is 37.8 Å². The highest BCUT2D eigenvalue weighted by molar-refractivity contribution is 6.30. The summed E-state index contributed by atoms with van der Waals surface area (Å²) in [4.78, 5) is 7.83. The highest BCUT2D eigenvalue weighted by Crippen LogP contribution is 2.04. The van der Waals surface area contributed by atoms with Crippen LogP contribution < -0.4 is 5.32 Å². The van der Waals surface area contributed by atoms with E-state index in [9.17, 15) is 0 Å². The molecule has 0 fully saturated rings. The first kappa shape index (κ1) is 8.01. The molecule has 1 heterocycles. The van der Waals surface area contributed by atoms with Gasteiger partial charge in [0.2, 0.25) is 5.95 Å². The Labute approximate surface area is 70.1 Å². The summed E-state index contributed by atoms with van der Waals surface area (Å²) in [7, 11) is 0. The lowest BCUT2D eigenvalue weighted by molar-refractivity contribution is 1.12. The van der Waals surface area contributed by atoms with Crippen LogP contribution in [0, 0.1) is 0 Å². The van der Waals surface area contributed by atoms with E-state index < -0.39 is 0 Å². The Morgan fingerprint density at radius 2 is 2.18 bits per heavy atom. The van der Waals surface area contributed by atoms with Gasteiger partial charge in [0.05, 0.1) is 17.4 Å². The van der Waals surface area contributed by atoms with Crippen molar-refractivity contribution in [3.63, 3.8) is 0 Å². The molecule has 0 amide bonds. The average Bonchev–Trinajstić information content (AvgIpc) is 2.04. The van der Waals surface area contributed by atoms with Crippen LogP contribution in [0.25, 0.3) is 0 Å². The summed E-state index contributed by atoms with van der Waals surface area (Å²) in [6.07, 6.45) is 4.82. The first-order valence-electron chi connectivity index (χ1n) is 3.15. The third kappa shape index (κ3) is 2.55. The van der Waals surface area contributed by atoms with Crippen LogP contribution in [0.5, 0.6) is 0 Å². The van der Waals surface area contributed by atoms with E-state index in [0.29, 0.717) is 17.5 Å². The van der Waals surface area contributed by atoms with Gasteiger partial charge in [-0.1, -0.05) is 17.7 Å². The number of hydrogen-bond acceptors (Lipinski definition) is 3. The van der Waals surface area contributed by atoms with E-state index >= 15 is 0 Å². The monoisotopic (exact) mass is 169 g/mol. The molecule has 0 aliphatic carbocycles. The molecule has 0 saturated heterocycles. The minimum Gasteiger partial charge on any atom is -0.351 e. The average molecular weight is 170 g/mol. The van der Waals surface area contributed by atoms with Crippen LogP contribution in [0.3, 0.4) is 0 Å². The minimum absolute atomic E-state index is 0.536. The van der Waals surface area contributed by atoms with Gasteiger partial charge in [-0.15, -0.1) is 6.58 Å². The van der Waals surface area contributed by atoms with Crippen LogP contribution in [0.2, 0.25) is 5.02 Å². The molecular formula is C7H8ClN3. The standard InChI is InChI=1S/C7H8ClN3/c1-2-3-9-7-10-4-6(8)5-11-7/h2,4-5H,1,3H2,(H,9,10,11). The second kappa shape index (κ2) is 3.93. The molecule has 0 radical (unpaired) electrons. The molecule has 0 aromatic carbocycles. The maximum atomic E-state index is 5.57. The summed E-state index contributed by atoms with van der Waals surface area (Å²) in [6, 6.07) is 0. The molecule has 1 aromatic heterocycles. The smallest absolute Gasteiger partial charge is 0.222 e. The van der Waals surface area contributed by atoms with E-state index in [0.717, 1.165) is 0 Å². The maximum absolute atomic E-state index is 5.57. The molecule has 58 valence electrons. The molecule has 0 saturated carbocycles. The Bertz CT molecular complexity index is 232. The number of nitrogens with one attached hydrogen (secondary N) is 1. The largest absolute Gasteiger partial charge is 0.351 e. The molecule has 1 N–H and O–H groups in total. The number of aromatic nitrogens is 2. The van der Waals surface area contributed by atoms with Crippen molar-refractivity contribution < 1.29 is 0 Å². The van der Waals surface area contributed by atoms with Crippen molar-refractivity contribution in [3.05, 3.63) is 30.1 Å². The predicted molar refractivity (Wildman–Crippen MR) is 45.7 cm³/mol. The van der Waals surface area contributed by atoms with Crippen LogP contribution in [-0.2, 0) is 0 Å². The van der Waals surface area contributed by atoms with Gasteiger partial charge in [0, 0.05) is 6.54 Å². The van der Waals surface area contributed by atoms with Gasteiger partial charge in [-0.2, -0.15) is 0 Å². The molecule has 3 nitrogen and oxygen atoms in total. The van der Waals surface area contributed by atoms with Crippen molar-refractivity contribution in [2.24, 2.45) is 0 Å². The van der Waals surface area contributed by atoms with Gasteiger partial charge >= 0.3 is 0 Å². The van der Waals surface area contributed by atoms with Gasteiger partial charge in [0.25, 0.3) is 0 Å². The lowest BCUT2D eigenvalue weighted by atomic mass is 10.6. The molecule has 0 bridgehead atoms. The van der Waals surface area contributed by atoms with Gasteiger partial charge < -0.3 is 5.32 Å². The molecule has 0 atom stereocenters. The van der Waals surface area contributed by atoms with Gasteiger partial charge in [0.1, 0.15) is 0 Å². The highest BCUT2D eigenvalue weighted by Gasteiger charge is 1.91. The molecule has 0 spiro atoms. The van der Waals surface area contributed by atoms with E-state index in [1.807, 2.05) is 0 Å². The summed E-state index contributed by atoms with van der Waals surface area (Å²) >= 11 is 5.57. The second-order valence-electron chi connectivity index (χ2n) is 1.89. The van der Waals surface area contributed by atoms with Gasteiger partial charge in [-0.25, -0.2) is 9.97 Å². The quantitative estimate of drug-likeness (QED) is 0.701. The third-order valence-electron chi connectivity index (χ3n) is 1.02. The van der Waals surface area contributed by atoms with E-state index in [-0.39, 0.29) is 0 Å². The molecule has 11 heavy (non-hydrogen) atoms. The second-order valence-corrected chi connectivity index (χ2v) is 2.33. The van der Waals surface area contributed by atoms with Crippen molar-refractivity contribution in [1.29, 1.82) is 0 Å². The van der Waals surface area contributed by atoms with Gasteiger partial charge in [-0.3, -0.25) is 0 Å². The Kier molecular flexibility index (Phi) is 2.86. The number of anilines is 1. The normalized spacial score (nSPS) is 9.18. The molecule has 1 aromatic rings. The van der Waals surface area contributed by atoms with Crippen molar-refractivity contribution in [1.82, 2.24) is 9.97 Å². The van der Waals surface area contributed by atoms with Crippen molar-refractivity contribution in [2.75, 3.05) is 11.9 Å². The van der Waals surface area contributed by atoms with E-state index in [2.05, 4.69) is 21.9 Å². The van der Waals surface area contributed by atoms with E-state index in [4.69, 9.17) is 11.6 Å². The fourth-order valence-electron chi connectivity index (χ4n) is 0.567. The summed E-state index contributed by atoms with van der Waals surface area (Å²) < 4.78 is 0. The molecule has 0 unspecified atom stereocenters. The zero-order chi connectivity index (χ0) is 8.10. The Hall–Kier alpha value is -1.09. The summed E-state index contributed by atoms with van der Waals surface area (Å²) in [5.74, 6) is 0.564. The van der Waals surface area contributed by atoms with Crippen molar-refractivity contribution >= 4 is 17.5 Å². The Balaban J connectivity index is 2.58. The van der Waals surface area contributed by atoms with Gasteiger partial charge in [0.15, 0.2) is 0 Å². The molecular weight excluding hydrogens is 162 g/mol. The summed E-state index contributed by atoms with van der Waals surface area (Å²) in [6.45, 7) is 4.20. The first-order valence-corrected chi connectivity index (χ1v) is 3.53. The zero-order valence-corrected chi connectivity index (χ0v) is 6.67. The Morgan fingerprint density at radius 1 is 1.55 bits per heavy atom. The molecule has 4 heteroatoms. The number of nitrogens with zero attached hydrogens (tertiary/aromatic N) is 2. The molecule has 1 rings (SSSR count). The number of hydrogen-bond donors (Lipinski definition) is 1.